The molecular weight excluding hydrogens is 188 g/mol. The van der Waals surface area contributed by atoms with E-state index in [-0.39, 0.29) is 18.0 Å². The van der Waals surface area contributed by atoms with Gasteiger partial charge in [-0.2, -0.15) is 0 Å². The average molecular weight is 208 g/mol. The fourth-order valence-corrected chi connectivity index (χ4v) is 0.735. The van der Waals surface area contributed by atoms with Crippen LogP contribution in [-0.2, 0) is 9.59 Å². The summed E-state index contributed by atoms with van der Waals surface area (Å²) in [4.78, 5) is 20.1. The molecule has 0 amide bonds. The SMILES string of the molecule is CC.CC(=O)CC(C)=O.c1ccccc1. The monoisotopic (exact) mass is 208 g/mol. The summed E-state index contributed by atoms with van der Waals surface area (Å²) in [5.41, 5.74) is 0. The third-order valence-corrected chi connectivity index (χ3v) is 1.16. The van der Waals surface area contributed by atoms with Crippen LogP contribution in [0.25, 0.3) is 0 Å². The number of rotatable bonds is 2. The zero-order chi connectivity index (χ0) is 12.1. The fraction of sp³-hybridized carbons (Fsp3) is 0.385. The van der Waals surface area contributed by atoms with Crippen LogP contribution >= 0.6 is 0 Å². The Hall–Kier alpha value is -1.44. The van der Waals surface area contributed by atoms with Crippen molar-refractivity contribution in [3.63, 3.8) is 0 Å². The highest BCUT2D eigenvalue weighted by Crippen LogP contribution is 1.80. The van der Waals surface area contributed by atoms with Gasteiger partial charge in [0.15, 0.2) is 0 Å². The lowest BCUT2D eigenvalue weighted by atomic mass is 10.2. The van der Waals surface area contributed by atoms with Crippen LogP contribution < -0.4 is 0 Å². The average Bonchev–Trinajstić information content (AvgIpc) is 2.22. The Kier molecular flexibility index (Phi) is 13.4. The lowest BCUT2D eigenvalue weighted by Crippen LogP contribution is -1.97. The van der Waals surface area contributed by atoms with Crippen molar-refractivity contribution in [2.24, 2.45) is 0 Å². The molecule has 0 spiro atoms. The van der Waals surface area contributed by atoms with E-state index in [9.17, 15) is 9.59 Å². The molecule has 0 aliphatic carbocycles. The molecule has 0 aliphatic rings. The van der Waals surface area contributed by atoms with E-state index in [2.05, 4.69) is 0 Å². The summed E-state index contributed by atoms with van der Waals surface area (Å²) in [6, 6.07) is 12.0. The van der Waals surface area contributed by atoms with Crippen molar-refractivity contribution >= 4 is 11.6 Å². The topological polar surface area (TPSA) is 34.1 Å². The molecule has 0 saturated carbocycles. The third-order valence-electron chi connectivity index (χ3n) is 1.16. The highest BCUT2D eigenvalue weighted by Gasteiger charge is 1.94. The first kappa shape index (κ1) is 16.0. The molecule has 0 unspecified atom stereocenters. The summed E-state index contributed by atoms with van der Waals surface area (Å²) in [5.74, 6) is -0.125. The van der Waals surface area contributed by atoms with Crippen molar-refractivity contribution < 1.29 is 9.59 Å². The summed E-state index contributed by atoms with van der Waals surface area (Å²) in [5, 5.41) is 0. The van der Waals surface area contributed by atoms with Gasteiger partial charge >= 0.3 is 0 Å². The largest absolute Gasteiger partial charge is 0.300 e. The molecule has 0 aliphatic heterocycles. The molecular formula is C13H20O2. The minimum atomic E-state index is -0.0625. The van der Waals surface area contributed by atoms with Crippen molar-refractivity contribution in [1.82, 2.24) is 0 Å². The van der Waals surface area contributed by atoms with Gasteiger partial charge in [-0.3, -0.25) is 9.59 Å². The first-order valence-electron chi connectivity index (χ1n) is 5.12. The summed E-state index contributed by atoms with van der Waals surface area (Å²) in [6.07, 6.45) is 0.0833. The van der Waals surface area contributed by atoms with E-state index < -0.39 is 0 Å². The molecule has 15 heavy (non-hydrogen) atoms. The van der Waals surface area contributed by atoms with E-state index in [1.807, 2.05) is 50.2 Å². The van der Waals surface area contributed by atoms with Gasteiger partial charge in [0, 0.05) is 0 Å². The maximum atomic E-state index is 10.0. The molecule has 84 valence electrons. The van der Waals surface area contributed by atoms with Gasteiger partial charge in [-0.15, -0.1) is 0 Å². The molecule has 2 nitrogen and oxygen atoms in total. The minimum Gasteiger partial charge on any atom is -0.300 e. The number of hydrogen-bond acceptors (Lipinski definition) is 2. The number of benzene rings is 1. The van der Waals surface area contributed by atoms with E-state index >= 15 is 0 Å². The summed E-state index contributed by atoms with van der Waals surface area (Å²) < 4.78 is 0. The van der Waals surface area contributed by atoms with Gasteiger partial charge in [-0.05, 0) is 13.8 Å². The highest BCUT2D eigenvalue weighted by molar-refractivity contribution is 5.96. The fourth-order valence-electron chi connectivity index (χ4n) is 0.735. The smallest absolute Gasteiger partial charge is 0.137 e. The Morgan fingerprint density at radius 1 is 0.733 bits per heavy atom. The molecule has 0 atom stereocenters. The molecule has 0 bridgehead atoms. The number of carbonyl (C=O) groups is 2. The van der Waals surface area contributed by atoms with Gasteiger partial charge in [0.2, 0.25) is 0 Å². The number of Topliss-reactive ketones (excluding diaryl/α,β-unsaturated/α-hetero) is 2. The maximum absolute atomic E-state index is 10.0. The predicted octanol–water partition coefficient (Wildman–Crippen LogP) is 3.27. The van der Waals surface area contributed by atoms with Crippen LogP contribution in [0.3, 0.4) is 0 Å². The summed E-state index contributed by atoms with van der Waals surface area (Å²) >= 11 is 0. The van der Waals surface area contributed by atoms with Crippen LogP contribution in [0.2, 0.25) is 0 Å². The van der Waals surface area contributed by atoms with Gasteiger partial charge < -0.3 is 0 Å². The van der Waals surface area contributed by atoms with Crippen LogP contribution in [0.5, 0.6) is 0 Å². The second kappa shape index (κ2) is 12.6. The first-order chi connectivity index (χ1) is 7.13. The molecule has 0 radical (unpaired) electrons. The Labute approximate surface area is 92.3 Å². The quantitative estimate of drug-likeness (QED) is 0.699. The lowest BCUT2D eigenvalue weighted by Gasteiger charge is -1.81. The van der Waals surface area contributed by atoms with Crippen molar-refractivity contribution in [2.75, 3.05) is 0 Å². The Balaban J connectivity index is 0. The molecule has 0 aromatic heterocycles. The molecule has 0 fully saturated rings. The van der Waals surface area contributed by atoms with Crippen LogP contribution in [0.1, 0.15) is 34.1 Å². The number of hydrogen-bond donors (Lipinski definition) is 0. The summed E-state index contributed by atoms with van der Waals surface area (Å²) in [6.45, 7) is 6.81. The van der Waals surface area contributed by atoms with Crippen LogP contribution in [0, 0.1) is 0 Å². The first-order valence-corrected chi connectivity index (χ1v) is 5.12. The zero-order valence-electron chi connectivity index (χ0n) is 9.99. The lowest BCUT2D eigenvalue weighted by molar-refractivity contribution is -0.124. The molecule has 0 N–H and O–H groups in total. The number of ketones is 2. The van der Waals surface area contributed by atoms with Crippen molar-refractivity contribution in [1.29, 1.82) is 0 Å². The normalized spacial score (nSPS) is 7.47. The van der Waals surface area contributed by atoms with E-state index in [0.717, 1.165) is 0 Å². The Morgan fingerprint density at radius 2 is 0.933 bits per heavy atom. The Bertz CT molecular complexity index is 214. The standard InChI is InChI=1S/C6H6.C5H8O2.C2H6/c1-2-4-6-5-3-1;1-4(6)3-5(2)7;1-2/h1-6H;3H2,1-2H3;1-2H3. The summed E-state index contributed by atoms with van der Waals surface area (Å²) in [7, 11) is 0. The van der Waals surface area contributed by atoms with Gasteiger partial charge in [0.05, 0.1) is 6.42 Å². The second-order valence-corrected chi connectivity index (χ2v) is 2.74. The van der Waals surface area contributed by atoms with Gasteiger partial charge in [-0.1, -0.05) is 50.2 Å². The van der Waals surface area contributed by atoms with Crippen molar-refractivity contribution in [3.8, 4) is 0 Å². The molecule has 2 heteroatoms. The molecule has 0 saturated heterocycles. The van der Waals surface area contributed by atoms with E-state index in [1.165, 1.54) is 13.8 Å². The Morgan fingerprint density at radius 3 is 1.00 bits per heavy atom. The minimum absolute atomic E-state index is 0.0625. The third kappa shape index (κ3) is 19.1. The van der Waals surface area contributed by atoms with E-state index in [4.69, 9.17) is 0 Å². The maximum Gasteiger partial charge on any atom is 0.137 e. The second-order valence-electron chi connectivity index (χ2n) is 2.74. The van der Waals surface area contributed by atoms with Gasteiger partial charge in [0.25, 0.3) is 0 Å². The van der Waals surface area contributed by atoms with E-state index in [0.29, 0.717) is 0 Å². The van der Waals surface area contributed by atoms with Crippen LogP contribution in [0.15, 0.2) is 36.4 Å². The molecule has 1 rings (SSSR count). The number of carbonyl (C=O) groups excluding carboxylic acids is 2. The zero-order valence-corrected chi connectivity index (χ0v) is 9.99. The van der Waals surface area contributed by atoms with Crippen LogP contribution in [-0.4, -0.2) is 11.6 Å². The predicted molar refractivity (Wildman–Crippen MR) is 63.8 cm³/mol. The highest BCUT2D eigenvalue weighted by atomic mass is 16.1. The van der Waals surface area contributed by atoms with Gasteiger partial charge in [0.1, 0.15) is 11.6 Å². The molecule has 0 heterocycles. The van der Waals surface area contributed by atoms with Gasteiger partial charge in [-0.25, -0.2) is 0 Å². The van der Waals surface area contributed by atoms with Crippen LogP contribution in [0.4, 0.5) is 0 Å². The van der Waals surface area contributed by atoms with E-state index in [1.54, 1.807) is 0 Å². The van der Waals surface area contributed by atoms with Crippen molar-refractivity contribution in [2.45, 2.75) is 34.1 Å². The molecule has 1 aromatic rings. The molecule has 1 aromatic carbocycles. The van der Waals surface area contributed by atoms with Crippen molar-refractivity contribution in [3.05, 3.63) is 36.4 Å².